The van der Waals surface area contributed by atoms with Crippen LogP contribution in [-0.2, 0) is 9.05 Å². The number of hydrogen-bond donors (Lipinski definition) is 0. The van der Waals surface area contributed by atoms with Crippen molar-refractivity contribution in [1.29, 1.82) is 0 Å². The average Bonchev–Trinajstić information content (AvgIpc) is 1.78. The molecule has 3 nitrogen and oxygen atoms in total. The van der Waals surface area contributed by atoms with E-state index in [1.54, 1.807) is 5.23 Å². The molecule has 0 aliphatic carbocycles. The highest BCUT2D eigenvalue weighted by atomic mass is 28.4. The molecule has 0 unspecified atom stereocenters. The average molecular weight is 233 g/mol. The van der Waals surface area contributed by atoms with Crippen LogP contribution in [0.15, 0.2) is 12.3 Å². The van der Waals surface area contributed by atoms with E-state index in [2.05, 4.69) is 39.3 Å². The second-order valence-electron chi connectivity index (χ2n) is 5.18. The number of hydroxylamine groups is 2. The van der Waals surface area contributed by atoms with E-state index in [1.807, 2.05) is 19.2 Å². The second-order valence-corrected chi connectivity index (χ2v) is 14.0. The van der Waals surface area contributed by atoms with Crippen LogP contribution in [0.4, 0.5) is 0 Å². The Labute approximate surface area is 89.9 Å². The van der Waals surface area contributed by atoms with E-state index in [0.717, 1.165) is 0 Å². The van der Waals surface area contributed by atoms with Gasteiger partial charge in [-0.2, -0.15) is 5.23 Å². The van der Waals surface area contributed by atoms with Crippen LogP contribution >= 0.6 is 0 Å². The van der Waals surface area contributed by atoms with Gasteiger partial charge in [0.05, 0.1) is 6.20 Å². The maximum absolute atomic E-state index is 5.75. The predicted octanol–water partition coefficient (Wildman–Crippen LogP) is 3.36. The van der Waals surface area contributed by atoms with Crippen molar-refractivity contribution >= 4 is 16.6 Å². The fourth-order valence-corrected chi connectivity index (χ4v) is 2.09. The van der Waals surface area contributed by atoms with E-state index in [-0.39, 0.29) is 0 Å². The molecule has 0 saturated heterocycles. The standard InChI is InChI=1S/C9H23NO2Si2/c1-8-9-10(11-13(2,3)4)12-14(5,6)7/h8-9H,1-7H3/b9-8+. The van der Waals surface area contributed by atoms with E-state index in [9.17, 15) is 0 Å². The number of allylic oxidation sites excluding steroid dienone is 1. The minimum atomic E-state index is -1.59. The number of rotatable bonds is 5. The normalized spacial score (nSPS) is 13.6. The summed E-state index contributed by atoms with van der Waals surface area (Å²) in [5.74, 6) is 0. The minimum absolute atomic E-state index is 1.54. The van der Waals surface area contributed by atoms with Crippen molar-refractivity contribution in [3.05, 3.63) is 12.3 Å². The first-order chi connectivity index (χ1) is 6.14. The first kappa shape index (κ1) is 13.9. The molecular weight excluding hydrogens is 210 g/mol. The van der Waals surface area contributed by atoms with Gasteiger partial charge in [-0.3, -0.25) is 9.05 Å². The molecule has 0 rings (SSSR count). The lowest BCUT2D eigenvalue weighted by atomic mass is 10.7. The van der Waals surface area contributed by atoms with Crippen molar-refractivity contribution in [2.45, 2.75) is 46.2 Å². The van der Waals surface area contributed by atoms with E-state index < -0.39 is 16.6 Å². The molecule has 0 amide bonds. The summed E-state index contributed by atoms with van der Waals surface area (Å²) in [6, 6.07) is 0. The van der Waals surface area contributed by atoms with Gasteiger partial charge in [-0.05, 0) is 46.2 Å². The van der Waals surface area contributed by atoms with Crippen LogP contribution in [0.2, 0.25) is 39.3 Å². The summed E-state index contributed by atoms with van der Waals surface area (Å²) < 4.78 is 11.5. The van der Waals surface area contributed by atoms with E-state index in [1.165, 1.54) is 0 Å². The third-order valence-electron chi connectivity index (χ3n) is 0.998. The highest BCUT2D eigenvalue weighted by Gasteiger charge is 2.24. The summed E-state index contributed by atoms with van der Waals surface area (Å²) in [5.41, 5.74) is 0. The van der Waals surface area contributed by atoms with Crippen LogP contribution in [0.5, 0.6) is 0 Å². The van der Waals surface area contributed by atoms with Gasteiger partial charge in [-0.15, -0.1) is 0 Å². The second kappa shape index (κ2) is 5.11. The van der Waals surface area contributed by atoms with Gasteiger partial charge in [0.25, 0.3) is 0 Å². The molecule has 0 aliphatic heterocycles. The third-order valence-corrected chi connectivity index (χ3v) is 2.45. The summed E-state index contributed by atoms with van der Waals surface area (Å²) in [6.45, 7) is 14.8. The highest BCUT2D eigenvalue weighted by Crippen LogP contribution is 2.13. The van der Waals surface area contributed by atoms with Crippen molar-refractivity contribution in [1.82, 2.24) is 5.23 Å². The fraction of sp³-hybridized carbons (Fsp3) is 0.778. The zero-order valence-electron chi connectivity index (χ0n) is 10.4. The molecular formula is C9H23NO2Si2. The van der Waals surface area contributed by atoms with E-state index in [4.69, 9.17) is 9.05 Å². The molecule has 0 fully saturated rings. The maximum Gasteiger partial charge on any atom is 0.223 e. The zero-order chi connectivity index (χ0) is 11.4. The molecule has 0 radical (unpaired) electrons. The van der Waals surface area contributed by atoms with Crippen LogP contribution in [0.1, 0.15) is 6.92 Å². The van der Waals surface area contributed by atoms with E-state index in [0.29, 0.717) is 0 Å². The number of nitrogens with zero attached hydrogens (tertiary/aromatic N) is 1. The predicted molar refractivity (Wildman–Crippen MR) is 65.5 cm³/mol. The molecule has 14 heavy (non-hydrogen) atoms. The summed E-state index contributed by atoms with van der Waals surface area (Å²) >= 11 is 0. The van der Waals surface area contributed by atoms with Crippen molar-refractivity contribution in [3.8, 4) is 0 Å². The van der Waals surface area contributed by atoms with Crippen LogP contribution < -0.4 is 0 Å². The molecule has 0 aliphatic rings. The summed E-state index contributed by atoms with van der Waals surface area (Å²) in [7, 11) is -3.17. The summed E-state index contributed by atoms with van der Waals surface area (Å²) in [6.07, 6.45) is 3.75. The van der Waals surface area contributed by atoms with Crippen molar-refractivity contribution in [2.24, 2.45) is 0 Å². The summed E-state index contributed by atoms with van der Waals surface area (Å²) in [4.78, 5) is 0. The van der Waals surface area contributed by atoms with Crippen LogP contribution in [0, 0.1) is 0 Å². The van der Waals surface area contributed by atoms with Gasteiger partial charge in [0.2, 0.25) is 16.6 Å². The molecule has 0 heterocycles. The summed E-state index contributed by atoms with van der Waals surface area (Å²) in [5, 5.41) is 1.54. The quantitative estimate of drug-likeness (QED) is 0.537. The van der Waals surface area contributed by atoms with Crippen molar-refractivity contribution < 1.29 is 9.05 Å². The molecule has 0 spiro atoms. The molecule has 0 aromatic carbocycles. The van der Waals surface area contributed by atoms with Gasteiger partial charge in [-0.1, -0.05) is 6.08 Å². The van der Waals surface area contributed by atoms with E-state index >= 15 is 0 Å². The Hall–Kier alpha value is -0.106. The zero-order valence-corrected chi connectivity index (χ0v) is 12.4. The van der Waals surface area contributed by atoms with Gasteiger partial charge < -0.3 is 0 Å². The van der Waals surface area contributed by atoms with Crippen LogP contribution in [0.25, 0.3) is 0 Å². The Morgan fingerprint density at radius 1 is 0.857 bits per heavy atom. The first-order valence-electron chi connectivity index (χ1n) is 4.94. The van der Waals surface area contributed by atoms with Crippen molar-refractivity contribution in [3.63, 3.8) is 0 Å². The lowest BCUT2D eigenvalue weighted by molar-refractivity contribution is -0.231. The smallest absolute Gasteiger partial charge is 0.223 e. The number of hydrogen-bond acceptors (Lipinski definition) is 3. The molecule has 0 atom stereocenters. The molecule has 84 valence electrons. The van der Waals surface area contributed by atoms with Crippen LogP contribution in [0.3, 0.4) is 0 Å². The van der Waals surface area contributed by atoms with Crippen LogP contribution in [-0.4, -0.2) is 21.9 Å². The highest BCUT2D eigenvalue weighted by molar-refractivity contribution is 6.70. The van der Waals surface area contributed by atoms with Gasteiger partial charge >= 0.3 is 0 Å². The molecule has 0 aromatic rings. The first-order valence-corrected chi connectivity index (χ1v) is 11.8. The third kappa shape index (κ3) is 8.49. The SMILES string of the molecule is C/C=C/N(O[Si](C)(C)C)O[Si](C)(C)C. The lowest BCUT2D eigenvalue weighted by Crippen LogP contribution is -2.41. The fourth-order valence-electron chi connectivity index (χ4n) is 0.741. The molecule has 0 saturated carbocycles. The molecule has 5 heteroatoms. The Morgan fingerprint density at radius 2 is 1.21 bits per heavy atom. The van der Waals surface area contributed by atoms with Crippen molar-refractivity contribution in [2.75, 3.05) is 0 Å². The monoisotopic (exact) mass is 233 g/mol. The Kier molecular flexibility index (Phi) is 5.07. The van der Waals surface area contributed by atoms with Gasteiger partial charge in [0.15, 0.2) is 0 Å². The Balaban J connectivity index is 4.31. The van der Waals surface area contributed by atoms with Gasteiger partial charge in [0.1, 0.15) is 0 Å². The maximum atomic E-state index is 5.75. The Morgan fingerprint density at radius 3 is 1.43 bits per heavy atom. The molecule has 0 aromatic heterocycles. The van der Waals surface area contributed by atoms with Gasteiger partial charge in [-0.25, -0.2) is 0 Å². The molecule has 0 bridgehead atoms. The molecule has 0 N–H and O–H groups in total. The van der Waals surface area contributed by atoms with Gasteiger partial charge in [0, 0.05) is 0 Å². The largest absolute Gasteiger partial charge is 0.299 e. The topological polar surface area (TPSA) is 21.7 Å². The Bertz CT molecular complexity index is 178. The minimum Gasteiger partial charge on any atom is -0.299 e. The lowest BCUT2D eigenvalue weighted by Gasteiger charge is -2.31.